The van der Waals surface area contributed by atoms with Gasteiger partial charge in [-0.1, -0.05) is 0 Å². The molecule has 1 aliphatic heterocycles. The Bertz CT molecular complexity index is 628. The number of carbonyl (C=O) groups is 1. The van der Waals surface area contributed by atoms with E-state index in [1.165, 1.54) is 38.4 Å². The van der Waals surface area contributed by atoms with Crippen molar-refractivity contribution in [1.82, 2.24) is 14.9 Å². The topological polar surface area (TPSA) is 98.7 Å². The van der Waals surface area contributed by atoms with Gasteiger partial charge in [0.25, 0.3) is 5.91 Å². The molecule has 1 aliphatic rings. The number of benzene rings is 1. The fourth-order valence-corrected chi connectivity index (χ4v) is 3.14. The Morgan fingerprint density at radius 3 is 2.45 bits per heavy atom. The number of sulfonamides is 1. The minimum absolute atomic E-state index is 0.00246. The van der Waals surface area contributed by atoms with Crippen LogP contribution in [0.4, 0.5) is 0 Å². The number of amides is 1. The molecule has 0 radical (unpaired) electrons. The summed E-state index contributed by atoms with van der Waals surface area (Å²) in [7, 11) is -0.581. The average molecular weight is 327 g/mol. The summed E-state index contributed by atoms with van der Waals surface area (Å²) in [6.07, 6.45) is -0.451. The smallest absolute Gasteiger partial charge is 0.251 e. The van der Waals surface area contributed by atoms with Crippen molar-refractivity contribution >= 4 is 15.9 Å². The van der Waals surface area contributed by atoms with Gasteiger partial charge in [-0.2, -0.15) is 0 Å². The van der Waals surface area contributed by atoms with Crippen molar-refractivity contribution < 1.29 is 18.3 Å². The van der Waals surface area contributed by atoms with Crippen LogP contribution in [-0.4, -0.2) is 63.6 Å². The number of nitrogens with one attached hydrogen (secondary N) is 2. The second-order valence-electron chi connectivity index (χ2n) is 5.51. The van der Waals surface area contributed by atoms with Crippen molar-refractivity contribution in [3.8, 4) is 0 Å². The fourth-order valence-electron chi connectivity index (χ4n) is 2.24. The Balaban J connectivity index is 1.99. The summed E-state index contributed by atoms with van der Waals surface area (Å²) >= 11 is 0. The number of hydrogen-bond acceptors (Lipinski definition) is 5. The first-order valence-corrected chi connectivity index (χ1v) is 8.46. The lowest BCUT2D eigenvalue weighted by Gasteiger charge is -2.14. The van der Waals surface area contributed by atoms with Crippen LogP contribution in [-0.2, 0) is 10.0 Å². The number of rotatable bonds is 5. The number of aliphatic hydroxyl groups is 1. The summed E-state index contributed by atoms with van der Waals surface area (Å²) < 4.78 is 25.0. The standard InChI is InChI=1S/C14H21N3O4S/c1-17(2)22(20,21)12-5-3-10(4-6-12)14(19)16-8-11-7-15-9-13(11)18/h3-6,11,13,15,18H,7-9H2,1-2H3,(H,16,19). The molecule has 7 nitrogen and oxygen atoms in total. The van der Waals surface area contributed by atoms with E-state index in [-0.39, 0.29) is 16.7 Å². The zero-order valence-corrected chi connectivity index (χ0v) is 13.4. The first-order chi connectivity index (χ1) is 10.3. The molecule has 1 aromatic carbocycles. The number of nitrogens with zero attached hydrogens (tertiary/aromatic N) is 1. The largest absolute Gasteiger partial charge is 0.391 e. The summed E-state index contributed by atoms with van der Waals surface area (Å²) in [6, 6.07) is 5.79. The Hall–Kier alpha value is -1.48. The number of β-amino-alcohol motifs (C(OH)–C–C–N with tert-alkyl or cyclic N) is 1. The third-order valence-corrected chi connectivity index (χ3v) is 5.55. The molecule has 1 fully saturated rings. The Kier molecular flexibility index (Phi) is 5.17. The Morgan fingerprint density at radius 1 is 1.32 bits per heavy atom. The minimum Gasteiger partial charge on any atom is -0.391 e. The van der Waals surface area contributed by atoms with Crippen LogP contribution in [0.3, 0.4) is 0 Å². The second kappa shape index (κ2) is 6.74. The second-order valence-corrected chi connectivity index (χ2v) is 7.66. The fraction of sp³-hybridized carbons (Fsp3) is 0.500. The number of carbonyl (C=O) groups excluding carboxylic acids is 1. The highest BCUT2D eigenvalue weighted by molar-refractivity contribution is 7.89. The predicted molar refractivity (Wildman–Crippen MR) is 82.0 cm³/mol. The van der Waals surface area contributed by atoms with Gasteiger partial charge in [-0.05, 0) is 24.3 Å². The molecule has 2 unspecified atom stereocenters. The highest BCUT2D eigenvalue weighted by Gasteiger charge is 2.25. The lowest BCUT2D eigenvalue weighted by molar-refractivity contribution is 0.0927. The lowest BCUT2D eigenvalue weighted by atomic mass is 10.1. The van der Waals surface area contributed by atoms with Crippen molar-refractivity contribution in [3.63, 3.8) is 0 Å². The summed E-state index contributed by atoms with van der Waals surface area (Å²) in [6.45, 7) is 1.59. The van der Waals surface area contributed by atoms with E-state index in [9.17, 15) is 18.3 Å². The van der Waals surface area contributed by atoms with Gasteiger partial charge in [0.05, 0.1) is 11.0 Å². The van der Waals surface area contributed by atoms with Crippen LogP contribution < -0.4 is 10.6 Å². The van der Waals surface area contributed by atoms with E-state index >= 15 is 0 Å². The van der Waals surface area contributed by atoms with Gasteiger partial charge in [-0.15, -0.1) is 0 Å². The van der Waals surface area contributed by atoms with Crippen molar-refractivity contribution in [2.24, 2.45) is 5.92 Å². The van der Waals surface area contributed by atoms with E-state index in [2.05, 4.69) is 10.6 Å². The normalized spacial score (nSPS) is 22.0. The molecule has 8 heteroatoms. The monoisotopic (exact) mass is 327 g/mol. The van der Waals surface area contributed by atoms with Gasteiger partial charge < -0.3 is 15.7 Å². The van der Waals surface area contributed by atoms with Crippen LogP contribution in [0.2, 0.25) is 0 Å². The molecule has 0 spiro atoms. The highest BCUT2D eigenvalue weighted by atomic mass is 32.2. The molecule has 3 N–H and O–H groups in total. The zero-order valence-electron chi connectivity index (χ0n) is 12.6. The minimum atomic E-state index is -3.49. The molecule has 0 aliphatic carbocycles. The molecule has 2 rings (SSSR count). The van der Waals surface area contributed by atoms with Gasteiger partial charge in [0.1, 0.15) is 0 Å². The first-order valence-electron chi connectivity index (χ1n) is 7.02. The van der Waals surface area contributed by atoms with Crippen molar-refractivity contribution in [2.75, 3.05) is 33.7 Å². The SMILES string of the molecule is CN(C)S(=O)(=O)c1ccc(C(=O)NCC2CNCC2O)cc1. The molecule has 0 saturated carbocycles. The highest BCUT2D eigenvalue weighted by Crippen LogP contribution is 2.14. The summed E-state index contributed by atoms with van der Waals surface area (Å²) in [5.74, 6) is -0.287. The molecule has 2 atom stereocenters. The maximum Gasteiger partial charge on any atom is 0.251 e. The third kappa shape index (κ3) is 3.64. The van der Waals surface area contributed by atoms with E-state index in [4.69, 9.17) is 0 Å². The molecule has 0 bridgehead atoms. The maximum atomic E-state index is 12.0. The molecule has 22 heavy (non-hydrogen) atoms. The van der Waals surface area contributed by atoms with Gasteiger partial charge in [0, 0.05) is 45.2 Å². The van der Waals surface area contributed by atoms with Crippen molar-refractivity contribution in [3.05, 3.63) is 29.8 Å². The molecular weight excluding hydrogens is 306 g/mol. The van der Waals surface area contributed by atoms with Crippen molar-refractivity contribution in [1.29, 1.82) is 0 Å². The van der Waals surface area contributed by atoms with Gasteiger partial charge in [-0.3, -0.25) is 4.79 Å². The summed E-state index contributed by atoms with van der Waals surface area (Å²) in [5, 5.41) is 15.5. The quantitative estimate of drug-likeness (QED) is 0.661. The molecule has 1 amide bonds. The van der Waals surface area contributed by atoms with Crippen LogP contribution in [0.15, 0.2) is 29.2 Å². The molecule has 1 heterocycles. The van der Waals surface area contributed by atoms with Gasteiger partial charge in [0.15, 0.2) is 0 Å². The molecule has 122 valence electrons. The predicted octanol–water partition coefficient (Wildman–Crippen LogP) is -0.753. The van der Waals surface area contributed by atoms with E-state index in [0.717, 1.165) is 4.31 Å². The van der Waals surface area contributed by atoms with Crippen LogP contribution >= 0.6 is 0 Å². The van der Waals surface area contributed by atoms with E-state index < -0.39 is 16.1 Å². The van der Waals surface area contributed by atoms with Gasteiger partial charge in [-0.25, -0.2) is 12.7 Å². The van der Waals surface area contributed by atoms with E-state index in [1.54, 1.807) is 0 Å². The van der Waals surface area contributed by atoms with Crippen molar-refractivity contribution in [2.45, 2.75) is 11.0 Å². The molecule has 1 saturated heterocycles. The molecule has 1 aromatic rings. The van der Waals surface area contributed by atoms with E-state index in [1.807, 2.05) is 0 Å². The van der Waals surface area contributed by atoms with Crippen LogP contribution in [0.1, 0.15) is 10.4 Å². The average Bonchev–Trinajstić information content (AvgIpc) is 2.90. The maximum absolute atomic E-state index is 12.0. The lowest BCUT2D eigenvalue weighted by Crippen LogP contribution is -2.34. The van der Waals surface area contributed by atoms with Gasteiger partial charge >= 0.3 is 0 Å². The summed E-state index contributed by atoms with van der Waals surface area (Å²) in [5.41, 5.74) is 0.387. The molecule has 0 aromatic heterocycles. The number of aliphatic hydroxyl groups excluding tert-OH is 1. The van der Waals surface area contributed by atoms with Crippen LogP contribution in [0.5, 0.6) is 0 Å². The summed E-state index contributed by atoms with van der Waals surface area (Å²) in [4.78, 5) is 12.2. The van der Waals surface area contributed by atoms with Crippen LogP contribution in [0.25, 0.3) is 0 Å². The van der Waals surface area contributed by atoms with E-state index in [0.29, 0.717) is 25.2 Å². The van der Waals surface area contributed by atoms with Crippen LogP contribution in [0, 0.1) is 5.92 Å². The Labute approximate surface area is 130 Å². The van der Waals surface area contributed by atoms with Gasteiger partial charge in [0.2, 0.25) is 10.0 Å². The number of hydrogen-bond donors (Lipinski definition) is 3. The Morgan fingerprint density at radius 2 is 1.95 bits per heavy atom. The zero-order chi connectivity index (χ0) is 16.3. The first kappa shape index (κ1) is 16.9. The molecular formula is C14H21N3O4S. The third-order valence-electron chi connectivity index (χ3n) is 3.72.